The van der Waals surface area contributed by atoms with Crippen LogP contribution in [0.25, 0.3) is 0 Å². The van der Waals surface area contributed by atoms with E-state index in [0.29, 0.717) is 5.82 Å². The van der Waals surface area contributed by atoms with E-state index in [2.05, 4.69) is 20.5 Å². The second-order valence-electron chi connectivity index (χ2n) is 4.18. The Morgan fingerprint density at radius 3 is 2.67 bits per heavy atom. The molecule has 0 aliphatic rings. The maximum atomic E-state index is 11.6. The lowest BCUT2D eigenvalue weighted by molar-refractivity contribution is 0.0943. The number of hydrogen-bond acceptors (Lipinski definition) is 5. The first-order valence-electron chi connectivity index (χ1n) is 5.50. The van der Waals surface area contributed by atoms with Crippen molar-refractivity contribution in [1.82, 2.24) is 20.5 Å². The van der Waals surface area contributed by atoms with Crippen molar-refractivity contribution < 1.29 is 13.2 Å². The van der Waals surface area contributed by atoms with Crippen molar-refractivity contribution in [3.63, 3.8) is 0 Å². The minimum absolute atomic E-state index is 0.0503. The zero-order valence-corrected chi connectivity index (χ0v) is 11.1. The Morgan fingerprint density at radius 1 is 1.50 bits per heavy atom. The third-order valence-corrected chi connectivity index (χ3v) is 3.00. The Balaban J connectivity index is 2.41. The summed E-state index contributed by atoms with van der Waals surface area (Å²) in [7, 11) is -3.48. The van der Waals surface area contributed by atoms with E-state index < -0.39 is 15.9 Å². The summed E-state index contributed by atoms with van der Waals surface area (Å²) in [6.45, 7) is 4.06. The number of carbonyl (C=O) groups is 1. The van der Waals surface area contributed by atoms with Gasteiger partial charge in [-0.25, -0.2) is 18.5 Å². The van der Waals surface area contributed by atoms with Gasteiger partial charge in [-0.05, 0) is 6.42 Å². The minimum atomic E-state index is -3.48. The van der Waals surface area contributed by atoms with E-state index >= 15 is 0 Å². The van der Waals surface area contributed by atoms with Crippen LogP contribution in [0.2, 0.25) is 0 Å². The van der Waals surface area contributed by atoms with Gasteiger partial charge in [0, 0.05) is 12.5 Å². The SMILES string of the molecule is CC(C)c1nc(C(=O)NCCCS(N)(=O)=O)n[nH]1. The zero-order chi connectivity index (χ0) is 13.8. The van der Waals surface area contributed by atoms with Gasteiger partial charge in [0.25, 0.3) is 5.91 Å². The highest BCUT2D eigenvalue weighted by molar-refractivity contribution is 7.89. The van der Waals surface area contributed by atoms with Gasteiger partial charge in [0.15, 0.2) is 0 Å². The molecular formula is C9H17N5O3S. The monoisotopic (exact) mass is 275 g/mol. The van der Waals surface area contributed by atoms with Gasteiger partial charge in [-0.3, -0.25) is 9.89 Å². The number of H-pyrrole nitrogens is 1. The number of nitrogens with one attached hydrogen (secondary N) is 2. The number of amides is 1. The molecule has 8 nitrogen and oxygen atoms in total. The molecule has 9 heteroatoms. The first-order chi connectivity index (χ1) is 8.29. The van der Waals surface area contributed by atoms with E-state index in [1.165, 1.54) is 0 Å². The Labute approximate surface area is 105 Å². The summed E-state index contributed by atoms with van der Waals surface area (Å²) >= 11 is 0. The summed E-state index contributed by atoms with van der Waals surface area (Å²) in [6, 6.07) is 0. The van der Waals surface area contributed by atoms with Crippen molar-refractivity contribution in [2.75, 3.05) is 12.3 Å². The van der Waals surface area contributed by atoms with Crippen molar-refractivity contribution >= 4 is 15.9 Å². The Kier molecular flexibility index (Phi) is 4.79. The predicted octanol–water partition coefficient (Wildman–Crippen LogP) is -0.663. The second-order valence-corrected chi connectivity index (χ2v) is 5.91. The molecule has 0 aliphatic heterocycles. The zero-order valence-electron chi connectivity index (χ0n) is 10.3. The molecule has 0 fully saturated rings. The van der Waals surface area contributed by atoms with Crippen molar-refractivity contribution in [2.24, 2.45) is 5.14 Å². The number of aromatic nitrogens is 3. The maximum Gasteiger partial charge on any atom is 0.290 e. The number of hydrogen-bond donors (Lipinski definition) is 3. The van der Waals surface area contributed by atoms with Gasteiger partial charge in [0.05, 0.1) is 5.75 Å². The van der Waals surface area contributed by atoms with Crippen LogP contribution in [0.4, 0.5) is 0 Å². The van der Waals surface area contributed by atoms with Crippen LogP contribution < -0.4 is 10.5 Å². The smallest absolute Gasteiger partial charge is 0.290 e. The van der Waals surface area contributed by atoms with E-state index in [0.717, 1.165) is 0 Å². The second kappa shape index (κ2) is 5.91. The van der Waals surface area contributed by atoms with Crippen molar-refractivity contribution in [2.45, 2.75) is 26.2 Å². The highest BCUT2D eigenvalue weighted by atomic mass is 32.2. The van der Waals surface area contributed by atoms with Crippen LogP contribution in [0.1, 0.15) is 42.6 Å². The Bertz CT molecular complexity index is 508. The van der Waals surface area contributed by atoms with Crippen LogP contribution in [0.5, 0.6) is 0 Å². The maximum absolute atomic E-state index is 11.6. The molecule has 102 valence electrons. The molecule has 0 spiro atoms. The topological polar surface area (TPSA) is 131 Å². The van der Waals surface area contributed by atoms with Gasteiger partial charge < -0.3 is 5.32 Å². The van der Waals surface area contributed by atoms with Crippen LogP contribution >= 0.6 is 0 Å². The average molecular weight is 275 g/mol. The quantitative estimate of drug-likeness (QED) is 0.593. The molecule has 0 atom stereocenters. The fraction of sp³-hybridized carbons (Fsp3) is 0.667. The van der Waals surface area contributed by atoms with Crippen LogP contribution in [0, 0.1) is 0 Å². The molecule has 0 saturated carbocycles. The Morgan fingerprint density at radius 2 is 2.17 bits per heavy atom. The summed E-state index contributed by atoms with van der Waals surface area (Å²) in [5.41, 5.74) is 0. The first kappa shape index (κ1) is 14.6. The summed E-state index contributed by atoms with van der Waals surface area (Å²) in [5.74, 6) is 0.228. The molecule has 0 unspecified atom stereocenters. The third kappa shape index (κ3) is 4.80. The summed E-state index contributed by atoms with van der Waals surface area (Å²) in [6.07, 6.45) is 0.256. The number of nitrogens with zero attached hydrogens (tertiary/aromatic N) is 2. The number of nitrogens with two attached hydrogens (primary N) is 1. The van der Waals surface area contributed by atoms with Crippen molar-refractivity contribution in [3.8, 4) is 0 Å². The molecule has 0 bridgehead atoms. The number of primary sulfonamides is 1. The number of rotatable bonds is 6. The van der Waals surface area contributed by atoms with Gasteiger partial charge >= 0.3 is 0 Å². The molecule has 1 heterocycles. The third-order valence-electron chi connectivity index (χ3n) is 2.14. The van der Waals surface area contributed by atoms with Crippen LogP contribution in [0.3, 0.4) is 0 Å². The molecule has 4 N–H and O–H groups in total. The standard InChI is InChI=1S/C9H17N5O3S/c1-6(2)7-12-8(14-13-7)9(15)11-4-3-5-18(10,16)17/h6H,3-5H2,1-2H3,(H,11,15)(H2,10,16,17)(H,12,13,14). The molecule has 0 saturated heterocycles. The lowest BCUT2D eigenvalue weighted by Crippen LogP contribution is -2.28. The molecule has 0 aromatic carbocycles. The summed E-state index contributed by atoms with van der Waals surface area (Å²) in [5, 5.41) is 13.8. The molecule has 1 rings (SSSR count). The first-order valence-corrected chi connectivity index (χ1v) is 7.22. The summed E-state index contributed by atoms with van der Waals surface area (Å²) in [4.78, 5) is 15.6. The van der Waals surface area contributed by atoms with Crippen molar-refractivity contribution in [3.05, 3.63) is 11.6 Å². The van der Waals surface area contributed by atoms with Crippen LogP contribution in [-0.2, 0) is 10.0 Å². The lowest BCUT2D eigenvalue weighted by atomic mass is 10.2. The molecular weight excluding hydrogens is 258 g/mol. The summed E-state index contributed by atoms with van der Waals surface area (Å²) < 4.78 is 21.3. The lowest BCUT2D eigenvalue weighted by Gasteiger charge is -2.01. The normalized spacial score (nSPS) is 11.8. The molecule has 18 heavy (non-hydrogen) atoms. The van der Waals surface area contributed by atoms with E-state index in [4.69, 9.17) is 5.14 Å². The molecule has 0 radical (unpaired) electrons. The number of aromatic amines is 1. The fourth-order valence-electron chi connectivity index (χ4n) is 1.19. The molecule has 0 aliphatic carbocycles. The van der Waals surface area contributed by atoms with E-state index in [-0.39, 0.29) is 30.5 Å². The molecule has 1 aromatic heterocycles. The number of carbonyl (C=O) groups excluding carboxylic acids is 1. The minimum Gasteiger partial charge on any atom is -0.349 e. The van der Waals surface area contributed by atoms with E-state index in [1.807, 2.05) is 13.8 Å². The Hall–Kier alpha value is -1.48. The average Bonchev–Trinajstić information content (AvgIpc) is 2.72. The van der Waals surface area contributed by atoms with E-state index in [9.17, 15) is 13.2 Å². The highest BCUT2D eigenvalue weighted by Gasteiger charge is 2.13. The van der Waals surface area contributed by atoms with Gasteiger partial charge in [-0.2, -0.15) is 0 Å². The van der Waals surface area contributed by atoms with Gasteiger partial charge in [-0.15, -0.1) is 5.10 Å². The number of sulfonamides is 1. The van der Waals surface area contributed by atoms with Crippen molar-refractivity contribution in [1.29, 1.82) is 0 Å². The van der Waals surface area contributed by atoms with E-state index in [1.54, 1.807) is 0 Å². The van der Waals surface area contributed by atoms with Gasteiger partial charge in [0.1, 0.15) is 5.82 Å². The predicted molar refractivity (Wildman–Crippen MR) is 65.4 cm³/mol. The largest absolute Gasteiger partial charge is 0.349 e. The molecule has 1 aromatic rings. The molecule has 1 amide bonds. The van der Waals surface area contributed by atoms with Crippen LogP contribution in [-0.4, -0.2) is 41.8 Å². The highest BCUT2D eigenvalue weighted by Crippen LogP contribution is 2.07. The van der Waals surface area contributed by atoms with Gasteiger partial charge in [0.2, 0.25) is 15.8 Å². The van der Waals surface area contributed by atoms with Crippen LogP contribution in [0.15, 0.2) is 0 Å². The van der Waals surface area contributed by atoms with Gasteiger partial charge in [-0.1, -0.05) is 13.8 Å². The fourth-order valence-corrected chi connectivity index (χ4v) is 1.74.